The number of nitrogens with zero attached hydrogens (tertiary/aromatic N) is 2. The lowest BCUT2D eigenvalue weighted by Gasteiger charge is -2.21. The molecule has 0 aromatic heterocycles. The molecule has 0 spiro atoms. The molecule has 0 saturated carbocycles. The monoisotopic (exact) mass is 312 g/mol. The highest BCUT2D eigenvalue weighted by molar-refractivity contribution is 7.89. The van der Waals surface area contributed by atoms with Crippen LogP contribution in [-0.2, 0) is 10.0 Å². The van der Waals surface area contributed by atoms with Crippen LogP contribution in [0.2, 0.25) is 0 Å². The summed E-state index contributed by atoms with van der Waals surface area (Å²) >= 11 is 0. The van der Waals surface area contributed by atoms with Gasteiger partial charge in [-0.05, 0) is 38.7 Å². The first kappa shape index (κ1) is 15.7. The Bertz CT molecular complexity index is 657. The van der Waals surface area contributed by atoms with Gasteiger partial charge in [-0.2, -0.15) is 4.31 Å². The van der Waals surface area contributed by atoms with Gasteiger partial charge in [-0.15, -0.1) is 0 Å². The SMILES string of the molecule is CN(C)C1CCN(S(=O)(=O)c2ccc(C(N)=O)cc2N)C1. The number of hydrogen-bond acceptors (Lipinski definition) is 5. The van der Waals surface area contributed by atoms with Crippen LogP contribution in [0, 0.1) is 0 Å². The molecule has 1 aliphatic heterocycles. The predicted molar refractivity (Wildman–Crippen MR) is 80.2 cm³/mol. The van der Waals surface area contributed by atoms with Gasteiger partial charge >= 0.3 is 0 Å². The molecule has 1 saturated heterocycles. The van der Waals surface area contributed by atoms with Crippen molar-refractivity contribution in [2.45, 2.75) is 17.4 Å². The smallest absolute Gasteiger partial charge is 0.248 e. The van der Waals surface area contributed by atoms with Crippen molar-refractivity contribution < 1.29 is 13.2 Å². The Hall–Kier alpha value is -1.64. The molecule has 1 aliphatic rings. The van der Waals surface area contributed by atoms with Crippen LogP contribution in [0.4, 0.5) is 5.69 Å². The van der Waals surface area contributed by atoms with Crippen LogP contribution in [0.15, 0.2) is 23.1 Å². The van der Waals surface area contributed by atoms with Gasteiger partial charge < -0.3 is 16.4 Å². The molecular weight excluding hydrogens is 292 g/mol. The van der Waals surface area contributed by atoms with Gasteiger partial charge in [-0.1, -0.05) is 0 Å². The summed E-state index contributed by atoms with van der Waals surface area (Å²) in [7, 11) is 0.206. The fourth-order valence-corrected chi connectivity index (χ4v) is 4.02. The zero-order chi connectivity index (χ0) is 15.8. The van der Waals surface area contributed by atoms with Gasteiger partial charge in [0.05, 0.1) is 5.69 Å². The van der Waals surface area contributed by atoms with Gasteiger partial charge in [-0.3, -0.25) is 4.79 Å². The number of anilines is 1. The Labute approximate surface area is 124 Å². The average Bonchev–Trinajstić information content (AvgIpc) is 2.88. The highest BCUT2D eigenvalue weighted by atomic mass is 32.2. The molecule has 1 atom stereocenters. The molecule has 0 aliphatic carbocycles. The van der Waals surface area contributed by atoms with E-state index in [1.807, 2.05) is 19.0 Å². The van der Waals surface area contributed by atoms with Gasteiger partial charge in [0.25, 0.3) is 0 Å². The maximum Gasteiger partial charge on any atom is 0.248 e. The van der Waals surface area contributed by atoms with Crippen molar-refractivity contribution in [3.05, 3.63) is 23.8 Å². The van der Waals surface area contributed by atoms with Gasteiger partial charge in [0.15, 0.2) is 0 Å². The average molecular weight is 312 g/mol. The first-order valence-corrected chi connectivity index (χ1v) is 8.03. The minimum Gasteiger partial charge on any atom is -0.398 e. The highest BCUT2D eigenvalue weighted by Crippen LogP contribution is 2.27. The summed E-state index contributed by atoms with van der Waals surface area (Å²) in [6.07, 6.45) is 0.783. The minimum atomic E-state index is -3.65. The molecule has 4 N–H and O–H groups in total. The van der Waals surface area contributed by atoms with E-state index in [0.29, 0.717) is 13.1 Å². The van der Waals surface area contributed by atoms with Gasteiger partial charge in [0, 0.05) is 24.7 Å². The molecule has 1 fully saturated rings. The number of nitrogen functional groups attached to an aromatic ring is 1. The second-order valence-electron chi connectivity index (χ2n) is 5.39. The Balaban J connectivity index is 2.31. The predicted octanol–water partition coefficient (Wildman–Crippen LogP) is -0.308. The third-order valence-corrected chi connectivity index (χ3v) is 5.71. The maximum atomic E-state index is 12.6. The van der Waals surface area contributed by atoms with Crippen molar-refractivity contribution in [3.63, 3.8) is 0 Å². The number of benzene rings is 1. The molecule has 1 aromatic rings. The summed E-state index contributed by atoms with van der Waals surface area (Å²) in [6, 6.07) is 4.22. The summed E-state index contributed by atoms with van der Waals surface area (Å²) < 4.78 is 26.7. The molecule has 1 aromatic carbocycles. The fraction of sp³-hybridized carbons (Fsp3) is 0.462. The largest absolute Gasteiger partial charge is 0.398 e. The van der Waals surface area contributed by atoms with E-state index in [0.717, 1.165) is 6.42 Å². The standard InChI is InChI=1S/C13H20N4O3S/c1-16(2)10-5-6-17(8-10)21(19,20)12-4-3-9(13(15)18)7-11(12)14/h3-4,7,10H,5-6,8,14H2,1-2H3,(H2,15,18). The van der Waals surface area contributed by atoms with Crippen molar-refractivity contribution in [3.8, 4) is 0 Å². The zero-order valence-electron chi connectivity index (χ0n) is 12.1. The molecule has 1 unspecified atom stereocenters. The molecule has 0 bridgehead atoms. The van der Waals surface area contributed by atoms with Crippen LogP contribution in [-0.4, -0.2) is 56.8 Å². The first-order chi connectivity index (χ1) is 9.73. The van der Waals surface area contributed by atoms with Crippen LogP contribution < -0.4 is 11.5 Å². The number of hydrogen-bond donors (Lipinski definition) is 2. The third-order valence-electron chi connectivity index (χ3n) is 3.77. The quantitative estimate of drug-likeness (QED) is 0.741. The lowest BCUT2D eigenvalue weighted by molar-refractivity contribution is 0.1000. The summed E-state index contributed by atoms with van der Waals surface area (Å²) in [5, 5.41) is 0. The summed E-state index contributed by atoms with van der Waals surface area (Å²) in [5.74, 6) is -0.639. The maximum absolute atomic E-state index is 12.6. The van der Waals surface area contributed by atoms with E-state index in [9.17, 15) is 13.2 Å². The molecule has 0 radical (unpaired) electrons. The number of carbonyl (C=O) groups excluding carboxylic acids is 1. The number of amides is 1. The molecule has 8 heteroatoms. The normalized spacial score (nSPS) is 20.0. The van der Waals surface area contributed by atoms with Crippen LogP contribution >= 0.6 is 0 Å². The number of likely N-dealkylation sites (N-methyl/N-ethyl adjacent to an activating group) is 1. The van der Waals surface area contributed by atoms with E-state index in [1.54, 1.807) is 0 Å². The topological polar surface area (TPSA) is 110 Å². The van der Waals surface area contributed by atoms with Gasteiger partial charge in [0.1, 0.15) is 4.90 Å². The zero-order valence-corrected chi connectivity index (χ0v) is 12.9. The second kappa shape index (κ2) is 5.63. The lowest BCUT2D eigenvalue weighted by atomic mass is 10.2. The number of rotatable bonds is 4. The van der Waals surface area contributed by atoms with Crippen molar-refractivity contribution in [2.75, 3.05) is 32.9 Å². The van der Waals surface area contributed by atoms with E-state index < -0.39 is 15.9 Å². The molecule has 116 valence electrons. The fourth-order valence-electron chi connectivity index (χ4n) is 2.43. The number of carbonyl (C=O) groups is 1. The van der Waals surface area contributed by atoms with E-state index in [-0.39, 0.29) is 22.2 Å². The van der Waals surface area contributed by atoms with E-state index >= 15 is 0 Å². The molecule has 1 amide bonds. The molecule has 1 heterocycles. The lowest BCUT2D eigenvalue weighted by Crippen LogP contribution is -2.34. The van der Waals surface area contributed by atoms with Crippen LogP contribution in [0.25, 0.3) is 0 Å². The van der Waals surface area contributed by atoms with Crippen molar-refractivity contribution in [1.82, 2.24) is 9.21 Å². The summed E-state index contributed by atoms with van der Waals surface area (Å²) in [4.78, 5) is 13.1. The van der Waals surface area contributed by atoms with Crippen molar-refractivity contribution in [1.29, 1.82) is 0 Å². The minimum absolute atomic E-state index is 0.0203. The summed E-state index contributed by atoms with van der Waals surface area (Å²) in [6.45, 7) is 0.897. The Morgan fingerprint density at radius 1 is 1.38 bits per heavy atom. The first-order valence-electron chi connectivity index (χ1n) is 6.59. The second-order valence-corrected chi connectivity index (χ2v) is 7.29. The van der Waals surface area contributed by atoms with E-state index in [4.69, 9.17) is 11.5 Å². The number of sulfonamides is 1. The van der Waals surface area contributed by atoms with Crippen molar-refractivity contribution >= 4 is 21.6 Å². The molecule has 7 nitrogen and oxygen atoms in total. The Morgan fingerprint density at radius 2 is 2.05 bits per heavy atom. The van der Waals surface area contributed by atoms with Crippen LogP contribution in [0.1, 0.15) is 16.8 Å². The Kier molecular flexibility index (Phi) is 4.22. The third kappa shape index (κ3) is 3.02. The van der Waals surface area contributed by atoms with E-state index in [1.165, 1.54) is 22.5 Å². The van der Waals surface area contributed by atoms with Crippen LogP contribution in [0.3, 0.4) is 0 Å². The van der Waals surface area contributed by atoms with Gasteiger partial charge in [0.2, 0.25) is 15.9 Å². The summed E-state index contributed by atoms with van der Waals surface area (Å²) in [5.41, 5.74) is 11.2. The van der Waals surface area contributed by atoms with Crippen LogP contribution in [0.5, 0.6) is 0 Å². The number of nitrogens with two attached hydrogens (primary N) is 2. The Morgan fingerprint density at radius 3 is 2.52 bits per heavy atom. The molecular formula is C13H20N4O3S. The van der Waals surface area contributed by atoms with Crippen molar-refractivity contribution in [2.24, 2.45) is 5.73 Å². The molecule has 2 rings (SSSR count). The van der Waals surface area contributed by atoms with E-state index in [2.05, 4.69) is 0 Å². The highest BCUT2D eigenvalue weighted by Gasteiger charge is 2.34. The number of primary amides is 1. The van der Waals surface area contributed by atoms with Gasteiger partial charge in [-0.25, -0.2) is 8.42 Å². The molecule has 21 heavy (non-hydrogen) atoms.